The zero-order chi connectivity index (χ0) is 15.1. The van der Waals surface area contributed by atoms with Crippen LogP contribution in [0.2, 0.25) is 0 Å². The highest BCUT2D eigenvalue weighted by atomic mass is 16.6. The molecule has 0 radical (unpaired) electrons. The molecule has 1 N–H and O–H groups in total. The molecule has 1 aromatic carbocycles. The van der Waals surface area contributed by atoms with Crippen molar-refractivity contribution in [2.24, 2.45) is 7.05 Å². The van der Waals surface area contributed by atoms with Crippen molar-refractivity contribution in [1.82, 2.24) is 14.0 Å². The lowest BCUT2D eigenvalue weighted by Crippen LogP contribution is -2.04. The van der Waals surface area contributed by atoms with Gasteiger partial charge in [0.2, 0.25) is 5.78 Å². The number of para-hydroxylation sites is 1. The van der Waals surface area contributed by atoms with Crippen molar-refractivity contribution in [2.75, 3.05) is 0 Å². The number of aryl methyl sites for hydroxylation is 1. The van der Waals surface area contributed by atoms with E-state index in [4.69, 9.17) is 5.11 Å². The molecule has 0 unspecified atom stereocenters. The van der Waals surface area contributed by atoms with E-state index in [0.29, 0.717) is 17.0 Å². The molecule has 106 valence electrons. The lowest BCUT2D eigenvalue weighted by molar-refractivity contribution is -0.384. The van der Waals surface area contributed by atoms with Gasteiger partial charge in [-0.2, -0.15) is 0 Å². The predicted molar refractivity (Wildman–Crippen MR) is 73.2 cm³/mol. The maximum absolute atomic E-state index is 11.0. The Labute approximate surface area is 118 Å². The molecule has 0 atom stereocenters. The van der Waals surface area contributed by atoms with Crippen LogP contribution in [0.15, 0.2) is 36.7 Å². The Kier molecular flexibility index (Phi) is 2.72. The molecule has 0 aliphatic heterocycles. The minimum absolute atomic E-state index is 0.0423. The SMILES string of the molecule is Cn1c(C(=O)O)cn2cc(-c3ccccc3[N+](=O)[O-])nc12. The van der Waals surface area contributed by atoms with Gasteiger partial charge >= 0.3 is 5.97 Å². The molecule has 3 rings (SSSR count). The van der Waals surface area contributed by atoms with Gasteiger partial charge in [-0.3, -0.25) is 14.5 Å². The van der Waals surface area contributed by atoms with E-state index in [2.05, 4.69) is 4.98 Å². The molecule has 8 nitrogen and oxygen atoms in total. The molecule has 2 heterocycles. The Bertz CT molecular complexity index is 878. The average Bonchev–Trinajstić information content (AvgIpc) is 2.99. The predicted octanol–water partition coefficient (Wildman–Crippen LogP) is 1.95. The molecule has 0 saturated heterocycles. The first kappa shape index (κ1) is 12.9. The third kappa shape index (κ3) is 1.93. The monoisotopic (exact) mass is 286 g/mol. The molecule has 0 aliphatic carbocycles. The van der Waals surface area contributed by atoms with Crippen molar-refractivity contribution in [3.63, 3.8) is 0 Å². The summed E-state index contributed by atoms with van der Waals surface area (Å²) >= 11 is 0. The van der Waals surface area contributed by atoms with E-state index in [-0.39, 0.29) is 11.4 Å². The van der Waals surface area contributed by atoms with Gasteiger partial charge < -0.3 is 9.67 Å². The second-order valence-electron chi connectivity index (χ2n) is 4.49. The number of carboxylic acids is 1. The summed E-state index contributed by atoms with van der Waals surface area (Å²) in [6, 6.07) is 6.29. The van der Waals surface area contributed by atoms with E-state index in [9.17, 15) is 14.9 Å². The lowest BCUT2D eigenvalue weighted by Gasteiger charge is -1.99. The van der Waals surface area contributed by atoms with Crippen LogP contribution >= 0.6 is 0 Å². The largest absolute Gasteiger partial charge is 0.477 e. The van der Waals surface area contributed by atoms with Crippen molar-refractivity contribution < 1.29 is 14.8 Å². The topological polar surface area (TPSA) is 103 Å². The van der Waals surface area contributed by atoms with E-state index in [1.165, 1.54) is 21.2 Å². The highest BCUT2D eigenvalue weighted by Crippen LogP contribution is 2.29. The molecule has 0 bridgehead atoms. The van der Waals surface area contributed by atoms with Crippen LogP contribution in [-0.2, 0) is 7.05 Å². The summed E-state index contributed by atoms with van der Waals surface area (Å²) in [5.41, 5.74) is 0.860. The number of imidazole rings is 2. The minimum atomic E-state index is -1.06. The standard InChI is InChI=1S/C13H10N4O4/c1-15-11(12(18)19)7-16-6-9(14-13(15)16)8-4-2-3-5-10(8)17(20)21/h2-7H,1H3,(H,18,19). The maximum Gasteiger partial charge on any atom is 0.354 e. The minimum Gasteiger partial charge on any atom is -0.477 e. The van der Waals surface area contributed by atoms with Gasteiger partial charge in [-0.15, -0.1) is 0 Å². The van der Waals surface area contributed by atoms with Crippen LogP contribution in [0.5, 0.6) is 0 Å². The van der Waals surface area contributed by atoms with Crippen molar-refractivity contribution in [2.45, 2.75) is 0 Å². The first-order valence-corrected chi connectivity index (χ1v) is 6.00. The molecule has 3 aromatic rings. The van der Waals surface area contributed by atoms with Crippen LogP contribution in [0, 0.1) is 10.1 Å². The van der Waals surface area contributed by atoms with Crippen molar-refractivity contribution in [3.05, 3.63) is 52.5 Å². The number of fused-ring (bicyclic) bond motifs is 1. The van der Waals surface area contributed by atoms with Gasteiger partial charge in [-0.1, -0.05) is 12.1 Å². The van der Waals surface area contributed by atoms with E-state index in [1.807, 2.05) is 0 Å². The number of aromatic nitrogens is 3. The number of carbonyl (C=O) groups is 1. The van der Waals surface area contributed by atoms with Gasteiger partial charge in [-0.05, 0) is 6.07 Å². The first-order chi connectivity index (χ1) is 9.99. The summed E-state index contributed by atoms with van der Waals surface area (Å²) in [6.45, 7) is 0. The van der Waals surface area contributed by atoms with E-state index in [1.54, 1.807) is 31.4 Å². The second kappa shape index (κ2) is 4.44. The highest BCUT2D eigenvalue weighted by Gasteiger charge is 2.19. The Morgan fingerprint density at radius 1 is 1.33 bits per heavy atom. The van der Waals surface area contributed by atoms with Crippen LogP contribution in [0.1, 0.15) is 10.5 Å². The summed E-state index contributed by atoms with van der Waals surface area (Å²) in [6.07, 6.45) is 2.99. The lowest BCUT2D eigenvalue weighted by atomic mass is 10.1. The Balaban J connectivity index is 2.19. The third-order valence-corrected chi connectivity index (χ3v) is 3.23. The van der Waals surface area contributed by atoms with Crippen LogP contribution in [0.25, 0.3) is 17.0 Å². The number of nitro benzene ring substituents is 1. The molecule has 8 heteroatoms. The highest BCUT2D eigenvalue weighted by molar-refractivity contribution is 5.86. The Morgan fingerprint density at radius 3 is 2.67 bits per heavy atom. The molecule has 0 fully saturated rings. The fraction of sp³-hybridized carbons (Fsp3) is 0.0769. The zero-order valence-electron chi connectivity index (χ0n) is 10.9. The van der Waals surface area contributed by atoms with Gasteiger partial charge in [0.05, 0.1) is 16.2 Å². The van der Waals surface area contributed by atoms with Crippen LogP contribution in [0.4, 0.5) is 5.69 Å². The summed E-state index contributed by atoms with van der Waals surface area (Å²) in [4.78, 5) is 25.9. The summed E-state index contributed by atoms with van der Waals surface area (Å²) in [5.74, 6) is -0.657. The van der Waals surface area contributed by atoms with Crippen molar-refractivity contribution in [1.29, 1.82) is 0 Å². The number of carboxylic acid groups (broad SMARTS) is 1. The number of hydrogen-bond acceptors (Lipinski definition) is 4. The first-order valence-electron chi connectivity index (χ1n) is 6.00. The van der Waals surface area contributed by atoms with Gasteiger partial charge in [0, 0.05) is 25.5 Å². The molecule has 0 aliphatic rings. The van der Waals surface area contributed by atoms with E-state index >= 15 is 0 Å². The molecule has 2 aromatic heterocycles. The fourth-order valence-corrected chi connectivity index (χ4v) is 2.23. The van der Waals surface area contributed by atoms with Crippen molar-refractivity contribution >= 4 is 17.4 Å². The molecular weight excluding hydrogens is 276 g/mol. The Hall–Kier alpha value is -3.16. The molecule has 0 spiro atoms. The van der Waals surface area contributed by atoms with Gasteiger partial charge in [0.1, 0.15) is 5.69 Å². The van der Waals surface area contributed by atoms with Crippen LogP contribution in [0.3, 0.4) is 0 Å². The quantitative estimate of drug-likeness (QED) is 0.585. The smallest absolute Gasteiger partial charge is 0.354 e. The Morgan fingerprint density at radius 2 is 2.05 bits per heavy atom. The molecule has 0 saturated carbocycles. The number of rotatable bonds is 3. The molecule has 0 amide bonds. The molecular formula is C13H10N4O4. The summed E-state index contributed by atoms with van der Waals surface area (Å²) in [7, 11) is 1.58. The van der Waals surface area contributed by atoms with E-state index < -0.39 is 10.9 Å². The zero-order valence-corrected chi connectivity index (χ0v) is 10.9. The number of nitro groups is 1. The number of aromatic carboxylic acids is 1. The van der Waals surface area contributed by atoms with Gasteiger partial charge in [0.25, 0.3) is 5.69 Å². The fourth-order valence-electron chi connectivity index (χ4n) is 2.23. The van der Waals surface area contributed by atoms with Crippen LogP contribution < -0.4 is 0 Å². The van der Waals surface area contributed by atoms with Gasteiger partial charge in [-0.25, -0.2) is 9.78 Å². The third-order valence-electron chi connectivity index (χ3n) is 3.23. The van der Waals surface area contributed by atoms with E-state index in [0.717, 1.165) is 0 Å². The van der Waals surface area contributed by atoms with Crippen molar-refractivity contribution in [3.8, 4) is 11.3 Å². The normalized spacial score (nSPS) is 10.9. The number of hydrogen-bond donors (Lipinski definition) is 1. The molecule has 21 heavy (non-hydrogen) atoms. The maximum atomic E-state index is 11.0. The van der Waals surface area contributed by atoms with Gasteiger partial charge in [0.15, 0.2) is 0 Å². The summed E-state index contributed by atoms with van der Waals surface area (Å²) in [5, 5.41) is 20.1. The van der Waals surface area contributed by atoms with Crippen LogP contribution in [-0.4, -0.2) is 30.0 Å². The number of nitrogens with zero attached hydrogens (tertiary/aromatic N) is 4. The number of benzene rings is 1. The average molecular weight is 286 g/mol. The summed E-state index contributed by atoms with van der Waals surface area (Å²) < 4.78 is 2.95. The second-order valence-corrected chi connectivity index (χ2v) is 4.49.